The smallest absolute Gasteiger partial charge is 0.0101 e. The molecule has 2 aromatic rings. The molecule has 1 heteroatoms. The molecule has 1 heterocycles. The van der Waals surface area contributed by atoms with Gasteiger partial charge in [-0.05, 0) is 34.6 Å². The molecule has 0 saturated heterocycles. The summed E-state index contributed by atoms with van der Waals surface area (Å²) >= 11 is 0. The fourth-order valence-corrected chi connectivity index (χ4v) is 5.96. The molecular formula is C15H16P. The number of benzene rings is 2. The molecule has 0 fully saturated rings. The first-order chi connectivity index (χ1) is 7.77. The maximum Gasteiger partial charge on any atom is -0.0101 e. The van der Waals surface area contributed by atoms with Gasteiger partial charge in [-0.15, -0.1) is 0 Å². The molecule has 0 spiro atoms. The Kier molecular flexibility index (Phi) is 2.16. The molecule has 2 aromatic carbocycles. The molecule has 0 saturated carbocycles. The summed E-state index contributed by atoms with van der Waals surface area (Å²) in [5.74, 6) is 0. The number of fused-ring (bicyclic) bond motifs is 3. The minimum atomic E-state index is -1.08. The molecule has 16 heavy (non-hydrogen) atoms. The Morgan fingerprint density at radius 3 is 1.69 bits per heavy atom. The largest absolute Gasteiger partial charge is 0.0719 e. The van der Waals surface area contributed by atoms with Gasteiger partial charge in [0.1, 0.15) is 0 Å². The van der Waals surface area contributed by atoms with Crippen molar-refractivity contribution in [2.75, 3.05) is 12.8 Å². The van der Waals surface area contributed by atoms with E-state index in [0.717, 1.165) is 0 Å². The summed E-state index contributed by atoms with van der Waals surface area (Å²) in [6, 6.07) is 17.9. The van der Waals surface area contributed by atoms with Crippen molar-refractivity contribution in [3.05, 3.63) is 48.5 Å². The summed E-state index contributed by atoms with van der Waals surface area (Å²) in [6.07, 6.45) is 1.26. The van der Waals surface area contributed by atoms with Crippen LogP contribution in [0.3, 0.4) is 0 Å². The van der Waals surface area contributed by atoms with Crippen LogP contribution in [-0.2, 0) is 0 Å². The summed E-state index contributed by atoms with van der Waals surface area (Å²) in [5, 5.41) is 3.19. The van der Waals surface area contributed by atoms with Gasteiger partial charge in [0, 0.05) is 0 Å². The lowest BCUT2D eigenvalue weighted by Gasteiger charge is -2.28. The van der Waals surface area contributed by atoms with Gasteiger partial charge in [0.15, 0.2) is 0 Å². The van der Waals surface area contributed by atoms with Crippen LogP contribution in [0.15, 0.2) is 48.5 Å². The molecule has 0 N–H and O–H groups in total. The van der Waals surface area contributed by atoms with Gasteiger partial charge in [-0.25, -0.2) is 0 Å². The van der Waals surface area contributed by atoms with Crippen LogP contribution in [0.2, 0.25) is 0 Å². The van der Waals surface area contributed by atoms with E-state index in [1.165, 1.54) is 17.3 Å². The summed E-state index contributed by atoms with van der Waals surface area (Å²) in [4.78, 5) is 0. The summed E-state index contributed by atoms with van der Waals surface area (Å²) < 4.78 is 0. The van der Waals surface area contributed by atoms with Crippen LogP contribution >= 0.6 is 7.26 Å². The van der Waals surface area contributed by atoms with Gasteiger partial charge < -0.3 is 0 Å². The van der Waals surface area contributed by atoms with Crippen molar-refractivity contribution in [1.29, 1.82) is 0 Å². The second-order valence-electron chi connectivity index (χ2n) is 4.54. The first kappa shape index (κ1) is 10.1. The Labute approximate surface area is 97.7 Å². The molecule has 0 nitrogen and oxygen atoms in total. The zero-order valence-electron chi connectivity index (χ0n) is 9.77. The molecule has 0 amide bonds. The summed E-state index contributed by atoms with van der Waals surface area (Å²) in [6.45, 7) is 4.80. The highest BCUT2D eigenvalue weighted by molar-refractivity contribution is 7.90. The Morgan fingerprint density at radius 1 is 0.812 bits per heavy atom. The third-order valence-corrected chi connectivity index (χ3v) is 7.97. The molecule has 0 bridgehead atoms. The van der Waals surface area contributed by atoms with Crippen molar-refractivity contribution < 1.29 is 0 Å². The summed E-state index contributed by atoms with van der Waals surface area (Å²) in [7, 11) is -1.08. The van der Waals surface area contributed by atoms with E-state index in [9.17, 15) is 0 Å². The number of hydrogen-bond acceptors (Lipinski definition) is 0. The van der Waals surface area contributed by atoms with Crippen LogP contribution < -0.4 is 10.6 Å². The molecule has 81 valence electrons. The van der Waals surface area contributed by atoms with Gasteiger partial charge in [0.05, 0.1) is 0 Å². The molecule has 1 radical (unpaired) electrons. The lowest BCUT2D eigenvalue weighted by atomic mass is 10.1. The molecule has 0 atom stereocenters. The molecule has 3 rings (SSSR count). The highest BCUT2D eigenvalue weighted by atomic mass is 31.2. The molecule has 1 aliphatic rings. The van der Waals surface area contributed by atoms with Crippen LogP contribution in [0.5, 0.6) is 0 Å². The second-order valence-corrected chi connectivity index (χ2v) is 8.52. The highest BCUT2D eigenvalue weighted by Crippen LogP contribution is 2.59. The molecule has 0 unspecified atom stereocenters. The van der Waals surface area contributed by atoms with E-state index in [0.29, 0.717) is 0 Å². The fourth-order valence-electron chi connectivity index (χ4n) is 2.73. The van der Waals surface area contributed by atoms with Crippen LogP contribution in [0, 0.1) is 0 Å². The van der Waals surface area contributed by atoms with Crippen LogP contribution in [0.1, 0.15) is 6.92 Å². The summed E-state index contributed by atoms with van der Waals surface area (Å²) in [5.41, 5.74) is 2.94. The lowest BCUT2D eigenvalue weighted by Crippen LogP contribution is -2.17. The van der Waals surface area contributed by atoms with E-state index >= 15 is 0 Å². The monoisotopic (exact) mass is 227 g/mol. The molecule has 0 aromatic heterocycles. The third kappa shape index (κ3) is 1.14. The first-order valence-corrected chi connectivity index (χ1v) is 8.24. The molecule has 0 aliphatic carbocycles. The average Bonchev–Trinajstić information content (AvgIpc) is 2.62. The molecular weight excluding hydrogens is 211 g/mol. The number of rotatable bonds is 1. The lowest BCUT2D eigenvalue weighted by molar-refractivity contribution is 1.49. The van der Waals surface area contributed by atoms with Gasteiger partial charge in [0.25, 0.3) is 0 Å². The highest BCUT2D eigenvalue weighted by Gasteiger charge is 2.35. The third-order valence-electron chi connectivity index (χ3n) is 3.79. The van der Waals surface area contributed by atoms with Gasteiger partial charge >= 0.3 is 0 Å². The standard InChI is InChI=1S/C15H16P/c1-3-16(2)14-10-6-4-8-12(14)13-9-5-7-11-15(13)16/h4-11H,3H2,1-2H3. The van der Waals surface area contributed by atoms with Gasteiger partial charge in [-0.2, -0.15) is 0 Å². The van der Waals surface area contributed by atoms with E-state index in [2.05, 4.69) is 62.1 Å². The SMILES string of the molecule is CC[P]1(C)c2ccccc2-c2ccccc21. The van der Waals surface area contributed by atoms with E-state index in [-0.39, 0.29) is 0 Å². The van der Waals surface area contributed by atoms with Crippen molar-refractivity contribution in [2.45, 2.75) is 6.92 Å². The normalized spacial score (nSPS) is 15.6. The van der Waals surface area contributed by atoms with Gasteiger partial charge in [-0.3, -0.25) is 0 Å². The zero-order chi connectivity index (χ0) is 11.2. The average molecular weight is 227 g/mol. The second kappa shape index (κ2) is 3.43. The van der Waals surface area contributed by atoms with Gasteiger partial charge in [-0.1, -0.05) is 62.7 Å². The van der Waals surface area contributed by atoms with Crippen molar-refractivity contribution in [3.63, 3.8) is 0 Å². The first-order valence-electron chi connectivity index (χ1n) is 5.82. The fraction of sp³-hybridized carbons (Fsp3) is 0.200. The topological polar surface area (TPSA) is 0 Å². The number of hydrogen-bond donors (Lipinski definition) is 0. The minimum Gasteiger partial charge on any atom is -0.0719 e. The Bertz CT molecular complexity index is 497. The predicted octanol–water partition coefficient (Wildman–Crippen LogP) is 3.29. The van der Waals surface area contributed by atoms with Crippen molar-refractivity contribution in [3.8, 4) is 11.1 Å². The van der Waals surface area contributed by atoms with Crippen molar-refractivity contribution in [2.24, 2.45) is 0 Å². The Morgan fingerprint density at radius 2 is 1.25 bits per heavy atom. The van der Waals surface area contributed by atoms with Crippen LogP contribution in [0.25, 0.3) is 11.1 Å². The van der Waals surface area contributed by atoms with Crippen LogP contribution in [0.4, 0.5) is 0 Å². The van der Waals surface area contributed by atoms with Crippen molar-refractivity contribution in [1.82, 2.24) is 0 Å². The quantitative estimate of drug-likeness (QED) is 0.656. The Balaban J connectivity index is 2.39. The van der Waals surface area contributed by atoms with E-state index in [4.69, 9.17) is 0 Å². The van der Waals surface area contributed by atoms with E-state index in [1.807, 2.05) is 0 Å². The minimum absolute atomic E-state index is 1.08. The van der Waals surface area contributed by atoms with Crippen molar-refractivity contribution >= 4 is 17.9 Å². The van der Waals surface area contributed by atoms with Gasteiger partial charge in [0.2, 0.25) is 0 Å². The van der Waals surface area contributed by atoms with E-state index < -0.39 is 7.26 Å². The molecule has 1 aliphatic heterocycles. The van der Waals surface area contributed by atoms with Crippen LogP contribution in [-0.4, -0.2) is 12.8 Å². The van der Waals surface area contributed by atoms with E-state index in [1.54, 1.807) is 10.6 Å². The zero-order valence-corrected chi connectivity index (χ0v) is 10.7. The maximum atomic E-state index is 2.47. The maximum absolute atomic E-state index is 2.47. The Hall–Kier alpha value is -1.13. The predicted molar refractivity (Wildman–Crippen MR) is 74.5 cm³/mol.